The molecule has 22 heavy (non-hydrogen) atoms. The zero-order chi connectivity index (χ0) is 15.1. The van der Waals surface area contributed by atoms with Crippen LogP contribution in [0.25, 0.3) is 0 Å². The lowest BCUT2D eigenvalue weighted by molar-refractivity contribution is -0.123. The molecule has 4 rings (SSSR count). The Kier molecular flexibility index (Phi) is 3.21. The predicted molar refractivity (Wildman–Crippen MR) is 79.7 cm³/mol. The van der Waals surface area contributed by atoms with Crippen LogP contribution in [0.3, 0.4) is 0 Å². The molecular formula is C17H18FN3O. The number of fused-ring (bicyclic) bond motifs is 1. The minimum atomic E-state index is -0.233. The summed E-state index contributed by atoms with van der Waals surface area (Å²) in [5.74, 6) is 1.27. The van der Waals surface area contributed by atoms with Crippen molar-refractivity contribution in [1.29, 1.82) is 0 Å². The number of amides is 1. The average molecular weight is 299 g/mol. The summed E-state index contributed by atoms with van der Waals surface area (Å²) in [6.45, 7) is 0.801. The molecule has 2 aliphatic rings. The molecule has 3 atom stereocenters. The third-order valence-corrected chi connectivity index (χ3v) is 4.71. The van der Waals surface area contributed by atoms with Gasteiger partial charge in [0.15, 0.2) is 0 Å². The highest BCUT2D eigenvalue weighted by molar-refractivity contribution is 5.83. The molecule has 1 aliphatic heterocycles. The molecule has 0 spiro atoms. The van der Waals surface area contributed by atoms with Gasteiger partial charge in [-0.2, -0.15) is 0 Å². The molecule has 3 unspecified atom stereocenters. The number of hydrogen-bond acceptors (Lipinski definition) is 2. The van der Waals surface area contributed by atoms with E-state index < -0.39 is 0 Å². The number of imidazole rings is 1. The highest BCUT2D eigenvalue weighted by Gasteiger charge is 2.44. The first-order valence-corrected chi connectivity index (χ1v) is 7.76. The minimum absolute atomic E-state index is 0.0367. The van der Waals surface area contributed by atoms with Crippen molar-refractivity contribution in [3.05, 3.63) is 53.9 Å². The summed E-state index contributed by atoms with van der Waals surface area (Å²) in [6, 6.07) is 6.68. The summed E-state index contributed by atoms with van der Waals surface area (Å²) in [5.41, 5.74) is 1.06. The van der Waals surface area contributed by atoms with Gasteiger partial charge >= 0.3 is 0 Å². The van der Waals surface area contributed by atoms with Crippen LogP contribution in [-0.4, -0.2) is 21.5 Å². The van der Waals surface area contributed by atoms with Crippen molar-refractivity contribution in [2.24, 2.45) is 5.92 Å². The highest BCUT2D eigenvalue weighted by Crippen LogP contribution is 2.47. The van der Waals surface area contributed by atoms with Gasteiger partial charge in [0, 0.05) is 37.3 Å². The van der Waals surface area contributed by atoms with Crippen LogP contribution >= 0.6 is 0 Å². The lowest BCUT2D eigenvalue weighted by Crippen LogP contribution is -2.41. The molecule has 1 N–H and O–H groups in total. The van der Waals surface area contributed by atoms with Crippen molar-refractivity contribution in [3.63, 3.8) is 0 Å². The van der Waals surface area contributed by atoms with Crippen molar-refractivity contribution in [2.45, 2.75) is 37.8 Å². The zero-order valence-corrected chi connectivity index (χ0v) is 12.2. The van der Waals surface area contributed by atoms with Gasteiger partial charge in [-0.1, -0.05) is 12.1 Å². The maximum atomic E-state index is 12.9. The third kappa shape index (κ3) is 2.51. The molecule has 5 heteroatoms. The number of nitrogens with zero attached hydrogens (tertiary/aromatic N) is 2. The summed E-state index contributed by atoms with van der Waals surface area (Å²) in [5, 5.41) is 3.16. The molecule has 1 saturated carbocycles. The Balaban J connectivity index is 1.35. The Morgan fingerprint density at radius 2 is 2.14 bits per heavy atom. The molecule has 114 valence electrons. The van der Waals surface area contributed by atoms with E-state index in [1.807, 2.05) is 12.4 Å². The highest BCUT2D eigenvalue weighted by atomic mass is 19.1. The Bertz CT molecular complexity index is 694. The van der Waals surface area contributed by atoms with Gasteiger partial charge in [-0.05, 0) is 36.5 Å². The third-order valence-electron chi connectivity index (χ3n) is 4.71. The van der Waals surface area contributed by atoms with Crippen LogP contribution in [0.1, 0.15) is 30.1 Å². The first kappa shape index (κ1) is 13.5. The van der Waals surface area contributed by atoms with Crippen molar-refractivity contribution < 1.29 is 9.18 Å². The smallest absolute Gasteiger partial charge is 0.224 e. The number of carbonyl (C=O) groups is 1. The minimum Gasteiger partial charge on any atom is -0.351 e. The Hall–Kier alpha value is -2.17. The second kappa shape index (κ2) is 5.23. The van der Waals surface area contributed by atoms with Crippen LogP contribution in [0.5, 0.6) is 0 Å². The number of nitrogens with one attached hydrogen (secondary N) is 1. The molecule has 1 amide bonds. The largest absolute Gasteiger partial charge is 0.351 e. The van der Waals surface area contributed by atoms with E-state index in [0.29, 0.717) is 0 Å². The number of benzene rings is 1. The van der Waals surface area contributed by atoms with E-state index in [0.717, 1.165) is 37.2 Å². The van der Waals surface area contributed by atoms with Gasteiger partial charge in [-0.3, -0.25) is 4.79 Å². The standard InChI is InChI=1S/C17H18FN3O/c18-12-3-1-11(2-4-12)14-9-15(14)17(22)20-13-5-6-16-19-7-8-21(16)10-13/h1-4,7-8,13-15H,5-6,9-10H2,(H,20,22). The van der Waals surface area contributed by atoms with Gasteiger partial charge in [0.05, 0.1) is 0 Å². The lowest BCUT2D eigenvalue weighted by Gasteiger charge is -2.24. The summed E-state index contributed by atoms with van der Waals surface area (Å²) in [7, 11) is 0. The summed E-state index contributed by atoms with van der Waals surface area (Å²) in [6.07, 6.45) is 6.48. The summed E-state index contributed by atoms with van der Waals surface area (Å²) >= 11 is 0. The number of aryl methyl sites for hydroxylation is 1. The quantitative estimate of drug-likeness (QED) is 0.945. The maximum Gasteiger partial charge on any atom is 0.224 e. The molecule has 0 saturated heterocycles. The summed E-state index contributed by atoms with van der Waals surface area (Å²) < 4.78 is 15.1. The number of aromatic nitrogens is 2. The van der Waals surface area contributed by atoms with Crippen molar-refractivity contribution in [1.82, 2.24) is 14.9 Å². The molecule has 1 aromatic carbocycles. The SMILES string of the molecule is O=C(NC1CCc2nccn2C1)C1CC1c1ccc(F)cc1. The van der Waals surface area contributed by atoms with Crippen LogP contribution in [0.4, 0.5) is 4.39 Å². The van der Waals surface area contributed by atoms with E-state index in [1.54, 1.807) is 12.1 Å². The maximum absolute atomic E-state index is 12.9. The van der Waals surface area contributed by atoms with Crippen LogP contribution in [0.15, 0.2) is 36.7 Å². The van der Waals surface area contributed by atoms with E-state index in [4.69, 9.17) is 0 Å². The Morgan fingerprint density at radius 3 is 2.95 bits per heavy atom. The molecule has 2 heterocycles. The normalized spacial score (nSPS) is 26.3. The first-order chi connectivity index (χ1) is 10.7. The second-order valence-electron chi connectivity index (χ2n) is 6.24. The lowest BCUT2D eigenvalue weighted by atomic mass is 10.1. The van der Waals surface area contributed by atoms with Gasteiger partial charge in [0.2, 0.25) is 5.91 Å². The number of halogens is 1. The van der Waals surface area contributed by atoms with Crippen LogP contribution in [0.2, 0.25) is 0 Å². The van der Waals surface area contributed by atoms with E-state index in [2.05, 4.69) is 14.9 Å². The molecule has 0 bridgehead atoms. The molecule has 1 aliphatic carbocycles. The molecular weight excluding hydrogens is 281 g/mol. The van der Waals surface area contributed by atoms with Gasteiger partial charge in [-0.15, -0.1) is 0 Å². The van der Waals surface area contributed by atoms with Crippen LogP contribution in [-0.2, 0) is 17.8 Å². The van der Waals surface area contributed by atoms with Crippen molar-refractivity contribution in [2.75, 3.05) is 0 Å². The predicted octanol–water partition coefficient (Wildman–Crippen LogP) is 2.26. The average Bonchev–Trinajstić information content (AvgIpc) is 3.18. The van der Waals surface area contributed by atoms with Gasteiger partial charge in [0.1, 0.15) is 11.6 Å². The van der Waals surface area contributed by atoms with Crippen molar-refractivity contribution >= 4 is 5.91 Å². The zero-order valence-electron chi connectivity index (χ0n) is 12.2. The molecule has 1 fully saturated rings. The fraction of sp³-hybridized carbons (Fsp3) is 0.412. The van der Waals surface area contributed by atoms with Crippen LogP contribution in [0, 0.1) is 11.7 Å². The number of rotatable bonds is 3. The fourth-order valence-corrected chi connectivity index (χ4v) is 3.36. The van der Waals surface area contributed by atoms with Gasteiger partial charge < -0.3 is 9.88 Å². The topological polar surface area (TPSA) is 46.9 Å². The second-order valence-corrected chi connectivity index (χ2v) is 6.24. The number of carbonyl (C=O) groups excluding carboxylic acids is 1. The Labute approximate surface area is 128 Å². The molecule has 1 aromatic heterocycles. The van der Waals surface area contributed by atoms with Crippen LogP contribution < -0.4 is 5.32 Å². The van der Waals surface area contributed by atoms with Crippen molar-refractivity contribution in [3.8, 4) is 0 Å². The summed E-state index contributed by atoms with van der Waals surface area (Å²) in [4.78, 5) is 16.7. The molecule has 0 radical (unpaired) electrons. The first-order valence-electron chi connectivity index (χ1n) is 7.76. The van der Waals surface area contributed by atoms with E-state index in [1.165, 1.54) is 12.1 Å². The molecule has 4 nitrogen and oxygen atoms in total. The molecule has 2 aromatic rings. The fourth-order valence-electron chi connectivity index (χ4n) is 3.36. The monoisotopic (exact) mass is 299 g/mol. The number of hydrogen-bond donors (Lipinski definition) is 1. The van der Waals surface area contributed by atoms with Gasteiger partial charge in [-0.25, -0.2) is 9.37 Å². The van der Waals surface area contributed by atoms with E-state index >= 15 is 0 Å². The van der Waals surface area contributed by atoms with E-state index in [-0.39, 0.29) is 29.6 Å². The Morgan fingerprint density at radius 1 is 1.32 bits per heavy atom. The van der Waals surface area contributed by atoms with Gasteiger partial charge in [0.25, 0.3) is 0 Å². The van der Waals surface area contributed by atoms with E-state index in [9.17, 15) is 9.18 Å².